The predicted octanol–water partition coefficient (Wildman–Crippen LogP) is 3.73. The molecule has 2 N–H and O–H groups in total. The summed E-state index contributed by atoms with van der Waals surface area (Å²) in [5.74, 6) is -1.51. The number of aromatic nitrogens is 1. The lowest BCUT2D eigenvalue weighted by atomic mass is 10.1. The van der Waals surface area contributed by atoms with E-state index in [0.717, 1.165) is 5.56 Å². The summed E-state index contributed by atoms with van der Waals surface area (Å²) in [5.41, 5.74) is 1.70. The van der Waals surface area contributed by atoms with Gasteiger partial charge in [-0.3, -0.25) is 4.98 Å². The smallest absolute Gasteiger partial charge is 0.339 e. The fourth-order valence-electron chi connectivity index (χ4n) is 1.60. The largest absolute Gasteiger partial charge is 0.478 e. The van der Waals surface area contributed by atoms with Crippen LogP contribution in [0.1, 0.15) is 15.9 Å². The second-order valence-electron chi connectivity index (χ2n) is 3.93. The van der Waals surface area contributed by atoms with E-state index in [0.29, 0.717) is 15.8 Å². The predicted molar refractivity (Wildman–Crippen MR) is 73.3 cm³/mol. The van der Waals surface area contributed by atoms with Gasteiger partial charge >= 0.3 is 5.97 Å². The lowest BCUT2D eigenvalue weighted by Crippen LogP contribution is -2.04. The van der Waals surface area contributed by atoms with Gasteiger partial charge in [0.2, 0.25) is 0 Å². The zero-order chi connectivity index (χ0) is 14.0. The molecule has 2 rings (SSSR count). The van der Waals surface area contributed by atoms with Gasteiger partial charge in [0.05, 0.1) is 10.2 Å². The maximum atomic E-state index is 13.5. The number of hydrogen-bond donors (Lipinski definition) is 2. The average molecular weight is 325 g/mol. The number of nitrogens with zero attached hydrogens (tertiary/aromatic N) is 1. The van der Waals surface area contributed by atoms with E-state index >= 15 is 0 Å². The second kappa shape index (κ2) is 5.36. The molecule has 0 saturated carbocycles. The molecule has 1 aromatic heterocycles. The van der Waals surface area contributed by atoms with Crippen LogP contribution in [0.2, 0.25) is 0 Å². The molecule has 0 bridgehead atoms. The highest BCUT2D eigenvalue weighted by atomic mass is 79.9. The van der Waals surface area contributed by atoms with Gasteiger partial charge in [-0.15, -0.1) is 0 Å². The highest BCUT2D eigenvalue weighted by Crippen LogP contribution is 2.27. The Labute approximate surface area is 117 Å². The van der Waals surface area contributed by atoms with Gasteiger partial charge in [0.25, 0.3) is 0 Å². The number of aromatic carboxylic acids is 1. The van der Waals surface area contributed by atoms with E-state index in [-0.39, 0.29) is 5.56 Å². The zero-order valence-electron chi connectivity index (χ0n) is 9.95. The average Bonchev–Trinajstić information content (AvgIpc) is 2.36. The molecule has 1 aromatic carbocycles. The van der Waals surface area contributed by atoms with E-state index in [1.54, 1.807) is 13.0 Å². The fraction of sp³-hybridized carbons (Fsp3) is 0.0769. The quantitative estimate of drug-likeness (QED) is 0.902. The summed E-state index contributed by atoms with van der Waals surface area (Å²) >= 11 is 3.10. The molecule has 98 valence electrons. The van der Waals surface area contributed by atoms with E-state index in [9.17, 15) is 9.18 Å². The summed E-state index contributed by atoms with van der Waals surface area (Å²) in [6, 6.07) is 4.47. The molecule has 1 heterocycles. The lowest BCUT2D eigenvalue weighted by Gasteiger charge is -2.12. The molecule has 0 fully saturated rings. The molecular formula is C13H10BrFN2O2. The van der Waals surface area contributed by atoms with Gasteiger partial charge in [-0.1, -0.05) is 0 Å². The number of rotatable bonds is 3. The van der Waals surface area contributed by atoms with Crippen LogP contribution in [-0.4, -0.2) is 16.1 Å². The standard InChI is InChI=1S/C13H10BrFN2O2/c1-7-4-9(14)10(15)5-12(7)17-11-2-3-16-6-8(11)13(18)19/h2-6H,1H3,(H,16,17)(H,18,19). The van der Waals surface area contributed by atoms with Crippen molar-refractivity contribution >= 4 is 33.3 Å². The summed E-state index contributed by atoms with van der Waals surface area (Å²) in [4.78, 5) is 14.8. The topological polar surface area (TPSA) is 62.2 Å². The van der Waals surface area contributed by atoms with Crippen LogP contribution in [0, 0.1) is 12.7 Å². The Bertz CT molecular complexity index is 647. The molecule has 0 atom stereocenters. The number of aryl methyl sites for hydroxylation is 1. The lowest BCUT2D eigenvalue weighted by molar-refractivity contribution is 0.0697. The van der Waals surface area contributed by atoms with Crippen molar-refractivity contribution in [3.63, 3.8) is 0 Å². The van der Waals surface area contributed by atoms with E-state index in [2.05, 4.69) is 26.2 Å². The Hall–Kier alpha value is -1.95. The van der Waals surface area contributed by atoms with Crippen LogP contribution >= 0.6 is 15.9 Å². The van der Waals surface area contributed by atoms with Crippen molar-refractivity contribution in [2.75, 3.05) is 5.32 Å². The van der Waals surface area contributed by atoms with Crippen molar-refractivity contribution in [2.24, 2.45) is 0 Å². The molecule has 0 radical (unpaired) electrons. The molecular weight excluding hydrogens is 315 g/mol. The first-order valence-electron chi connectivity index (χ1n) is 5.39. The molecule has 0 saturated heterocycles. The Kier molecular flexibility index (Phi) is 3.80. The molecule has 0 amide bonds. The summed E-state index contributed by atoms with van der Waals surface area (Å²) in [6.07, 6.45) is 2.72. The third kappa shape index (κ3) is 2.90. The number of carboxylic acids is 1. The van der Waals surface area contributed by atoms with Gasteiger partial charge in [-0.25, -0.2) is 9.18 Å². The molecule has 0 aliphatic heterocycles. The van der Waals surface area contributed by atoms with Crippen LogP contribution in [0.25, 0.3) is 0 Å². The van der Waals surface area contributed by atoms with E-state index in [1.165, 1.54) is 24.5 Å². The highest BCUT2D eigenvalue weighted by Gasteiger charge is 2.12. The van der Waals surface area contributed by atoms with Crippen molar-refractivity contribution in [3.8, 4) is 0 Å². The molecule has 0 spiro atoms. The monoisotopic (exact) mass is 324 g/mol. The van der Waals surface area contributed by atoms with Gasteiger partial charge in [0, 0.05) is 18.1 Å². The number of carboxylic acid groups (broad SMARTS) is 1. The number of benzene rings is 1. The van der Waals surface area contributed by atoms with Crippen molar-refractivity contribution in [1.29, 1.82) is 0 Å². The fourth-order valence-corrected chi connectivity index (χ4v) is 2.06. The Morgan fingerprint density at radius 1 is 1.42 bits per heavy atom. The van der Waals surface area contributed by atoms with Crippen LogP contribution in [0.15, 0.2) is 35.1 Å². The summed E-state index contributed by atoms with van der Waals surface area (Å²) in [6.45, 7) is 1.80. The van der Waals surface area contributed by atoms with Crippen molar-refractivity contribution < 1.29 is 14.3 Å². The number of anilines is 2. The molecule has 0 unspecified atom stereocenters. The number of carbonyl (C=O) groups is 1. The molecule has 2 aromatic rings. The van der Waals surface area contributed by atoms with Crippen LogP contribution in [0.4, 0.5) is 15.8 Å². The SMILES string of the molecule is Cc1cc(Br)c(F)cc1Nc1ccncc1C(=O)O. The van der Waals surface area contributed by atoms with Gasteiger partial charge in [-0.2, -0.15) is 0 Å². The highest BCUT2D eigenvalue weighted by molar-refractivity contribution is 9.10. The minimum absolute atomic E-state index is 0.0326. The summed E-state index contributed by atoms with van der Waals surface area (Å²) < 4.78 is 13.9. The molecule has 0 aliphatic carbocycles. The van der Waals surface area contributed by atoms with E-state index in [4.69, 9.17) is 5.11 Å². The number of nitrogens with one attached hydrogen (secondary N) is 1. The van der Waals surface area contributed by atoms with Crippen LogP contribution in [0.5, 0.6) is 0 Å². The van der Waals surface area contributed by atoms with Gasteiger partial charge in [-0.05, 0) is 46.6 Å². The van der Waals surface area contributed by atoms with Crippen molar-refractivity contribution in [2.45, 2.75) is 6.92 Å². The summed E-state index contributed by atoms with van der Waals surface area (Å²) in [7, 11) is 0. The Morgan fingerprint density at radius 2 is 2.16 bits per heavy atom. The van der Waals surface area contributed by atoms with E-state index < -0.39 is 11.8 Å². The Balaban J connectivity index is 2.42. The maximum absolute atomic E-state index is 13.5. The third-order valence-corrected chi connectivity index (χ3v) is 3.20. The van der Waals surface area contributed by atoms with Crippen LogP contribution < -0.4 is 5.32 Å². The van der Waals surface area contributed by atoms with E-state index in [1.807, 2.05) is 0 Å². The third-order valence-electron chi connectivity index (χ3n) is 2.59. The minimum Gasteiger partial charge on any atom is -0.478 e. The minimum atomic E-state index is -1.09. The molecule has 0 aliphatic rings. The summed E-state index contributed by atoms with van der Waals surface area (Å²) in [5, 5.41) is 12.0. The molecule has 19 heavy (non-hydrogen) atoms. The van der Waals surface area contributed by atoms with Crippen LogP contribution in [-0.2, 0) is 0 Å². The van der Waals surface area contributed by atoms with Gasteiger partial charge < -0.3 is 10.4 Å². The first-order valence-corrected chi connectivity index (χ1v) is 6.18. The number of pyridine rings is 1. The van der Waals surface area contributed by atoms with Crippen molar-refractivity contribution in [3.05, 3.63) is 52.0 Å². The molecule has 6 heteroatoms. The second-order valence-corrected chi connectivity index (χ2v) is 4.79. The number of halogens is 2. The first-order chi connectivity index (χ1) is 8.99. The van der Waals surface area contributed by atoms with Crippen molar-refractivity contribution in [1.82, 2.24) is 4.98 Å². The number of hydrogen-bond acceptors (Lipinski definition) is 3. The zero-order valence-corrected chi connectivity index (χ0v) is 11.5. The molecule has 4 nitrogen and oxygen atoms in total. The first kappa shape index (κ1) is 13.5. The maximum Gasteiger partial charge on any atom is 0.339 e. The van der Waals surface area contributed by atoms with Crippen LogP contribution in [0.3, 0.4) is 0 Å². The Morgan fingerprint density at radius 3 is 2.84 bits per heavy atom. The van der Waals surface area contributed by atoms with Gasteiger partial charge in [0.15, 0.2) is 0 Å². The van der Waals surface area contributed by atoms with Gasteiger partial charge in [0.1, 0.15) is 11.4 Å². The normalized spacial score (nSPS) is 10.3.